The Labute approximate surface area is 121 Å². The molecule has 0 fully saturated rings. The van der Waals surface area contributed by atoms with Gasteiger partial charge in [-0.1, -0.05) is 6.07 Å². The number of nitro groups is 1. The van der Waals surface area contributed by atoms with E-state index in [1.54, 1.807) is 6.07 Å². The van der Waals surface area contributed by atoms with Crippen LogP contribution in [-0.2, 0) is 0 Å². The molecule has 1 aromatic heterocycles. The minimum absolute atomic E-state index is 0.0748. The number of aromatic nitrogens is 1. The van der Waals surface area contributed by atoms with Gasteiger partial charge >= 0.3 is 0 Å². The normalized spacial score (nSPS) is 10.1. The summed E-state index contributed by atoms with van der Waals surface area (Å²) in [6, 6.07) is 6.81. The third-order valence-corrected chi connectivity index (χ3v) is 2.88. The highest BCUT2D eigenvalue weighted by Gasteiger charge is 2.20. The van der Waals surface area contributed by atoms with Crippen LogP contribution in [0.2, 0.25) is 0 Å². The van der Waals surface area contributed by atoms with E-state index < -0.39 is 16.5 Å². The van der Waals surface area contributed by atoms with Crippen LogP contribution in [0, 0.1) is 10.1 Å². The number of carbonyl (C=O) groups is 1. The summed E-state index contributed by atoms with van der Waals surface area (Å²) in [6.45, 7) is 0. The standard InChI is InChI=1S/C12H8BrN3O4/c13-7-4-5-8(14-6-7)12(18)15-11-9(16(19)20)2-1-3-10(11)17/h1-6,17H,(H,15,18). The summed E-state index contributed by atoms with van der Waals surface area (Å²) >= 11 is 3.18. The van der Waals surface area contributed by atoms with Crippen LogP contribution in [-0.4, -0.2) is 20.9 Å². The first-order valence-corrected chi connectivity index (χ1v) is 6.17. The molecule has 0 unspecified atom stereocenters. The average molecular weight is 338 g/mol. The van der Waals surface area contributed by atoms with Crippen LogP contribution in [0.3, 0.4) is 0 Å². The average Bonchev–Trinajstić information content (AvgIpc) is 2.41. The van der Waals surface area contributed by atoms with Gasteiger partial charge in [0.1, 0.15) is 11.4 Å². The number of hydrogen-bond acceptors (Lipinski definition) is 5. The van der Waals surface area contributed by atoms with E-state index in [2.05, 4.69) is 26.2 Å². The Kier molecular flexibility index (Phi) is 3.94. The molecule has 0 spiro atoms. The number of pyridine rings is 1. The Balaban J connectivity index is 2.32. The molecule has 20 heavy (non-hydrogen) atoms. The topological polar surface area (TPSA) is 105 Å². The number of carbonyl (C=O) groups excluding carboxylic acids is 1. The minimum Gasteiger partial charge on any atom is -0.505 e. The second kappa shape index (κ2) is 5.66. The van der Waals surface area contributed by atoms with Gasteiger partial charge in [-0.3, -0.25) is 14.9 Å². The Morgan fingerprint density at radius 3 is 2.70 bits per heavy atom. The van der Waals surface area contributed by atoms with Crippen molar-refractivity contribution in [1.29, 1.82) is 0 Å². The van der Waals surface area contributed by atoms with Crippen molar-refractivity contribution < 1.29 is 14.8 Å². The molecule has 0 radical (unpaired) electrons. The number of aromatic hydroxyl groups is 1. The summed E-state index contributed by atoms with van der Waals surface area (Å²) in [5, 5.41) is 22.8. The third kappa shape index (κ3) is 2.91. The Morgan fingerprint density at radius 2 is 2.10 bits per heavy atom. The fourth-order valence-corrected chi connectivity index (χ4v) is 1.73. The lowest BCUT2D eigenvalue weighted by Crippen LogP contribution is -2.14. The van der Waals surface area contributed by atoms with E-state index in [1.165, 1.54) is 30.5 Å². The van der Waals surface area contributed by atoms with Gasteiger partial charge in [-0.2, -0.15) is 0 Å². The number of phenolic OH excluding ortho intramolecular Hbond substituents is 1. The van der Waals surface area contributed by atoms with Crippen molar-refractivity contribution in [3.05, 3.63) is 56.8 Å². The van der Waals surface area contributed by atoms with Gasteiger partial charge in [0, 0.05) is 16.7 Å². The first-order chi connectivity index (χ1) is 9.49. The maximum atomic E-state index is 11.9. The maximum absolute atomic E-state index is 11.9. The second-order valence-electron chi connectivity index (χ2n) is 3.74. The summed E-state index contributed by atoms with van der Waals surface area (Å²) in [5.41, 5.74) is -0.576. The summed E-state index contributed by atoms with van der Waals surface area (Å²) in [7, 11) is 0. The molecule has 0 bridgehead atoms. The van der Waals surface area contributed by atoms with Crippen LogP contribution in [0.1, 0.15) is 10.5 Å². The third-order valence-electron chi connectivity index (χ3n) is 2.42. The predicted molar refractivity (Wildman–Crippen MR) is 74.7 cm³/mol. The molecule has 0 atom stereocenters. The van der Waals surface area contributed by atoms with Gasteiger partial charge in [0.05, 0.1) is 4.92 Å². The highest BCUT2D eigenvalue weighted by atomic mass is 79.9. The number of halogens is 1. The number of phenols is 1. The SMILES string of the molecule is O=C(Nc1c(O)cccc1[N+](=O)[O-])c1ccc(Br)cn1. The Morgan fingerprint density at radius 1 is 1.35 bits per heavy atom. The van der Waals surface area contributed by atoms with E-state index in [4.69, 9.17) is 0 Å². The molecule has 0 aliphatic carbocycles. The number of benzene rings is 1. The van der Waals surface area contributed by atoms with Crippen molar-refractivity contribution >= 4 is 33.2 Å². The van der Waals surface area contributed by atoms with Crippen molar-refractivity contribution in [1.82, 2.24) is 4.98 Å². The molecule has 1 heterocycles. The molecule has 0 aliphatic heterocycles. The molecule has 2 N–H and O–H groups in total. The summed E-state index contributed by atoms with van der Waals surface area (Å²) in [4.78, 5) is 26.0. The lowest BCUT2D eigenvalue weighted by atomic mass is 10.2. The molecule has 8 heteroatoms. The molecule has 1 amide bonds. The number of anilines is 1. The van der Waals surface area contributed by atoms with Crippen LogP contribution >= 0.6 is 15.9 Å². The number of amides is 1. The van der Waals surface area contributed by atoms with Crippen molar-refractivity contribution in [2.24, 2.45) is 0 Å². The number of para-hydroxylation sites is 1. The lowest BCUT2D eigenvalue weighted by molar-refractivity contribution is -0.384. The monoisotopic (exact) mass is 337 g/mol. The smallest absolute Gasteiger partial charge is 0.296 e. The maximum Gasteiger partial charge on any atom is 0.296 e. The molecule has 0 aliphatic rings. The highest BCUT2D eigenvalue weighted by Crippen LogP contribution is 2.33. The summed E-state index contributed by atoms with van der Waals surface area (Å²) in [5.74, 6) is -1.04. The van der Waals surface area contributed by atoms with Crippen molar-refractivity contribution in [2.75, 3.05) is 5.32 Å². The van der Waals surface area contributed by atoms with Gasteiger partial charge in [0.25, 0.3) is 11.6 Å². The minimum atomic E-state index is -0.690. The fraction of sp³-hybridized carbons (Fsp3) is 0. The predicted octanol–water partition coefficient (Wildman–Crippen LogP) is 2.71. The number of nitrogens with one attached hydrogen (secondary N) is 1. The van der Waals surface area contributed by atoms with Crippen LogP contribution < -0.4 is 5.32 Å². The second-order valence-corrected chi connectivity index (χ2v) is 4.66. The van der Waals surface area contributed by atoms with Crippen molar-refractivity contribution in [3.8, 4) is 5.75 Å². The molecule has 2 aromatic rings. The van der Waals surface area contributed by atoms with E-state index >= 15 is 0 Å². The van der Waals surface area contributed by atoms with E-state index in [0.29, 0.717) is 4.47 Å². The summed E-state index contributed by atoms with van der Waals surface area (Å²) < 4.78 is 0.697. The van der Waals surface area contributed by atoms with Gasteiger partial charge in [0.15, 0.2) is 5.69 Å². The Hall–Kier alpha value is -2.48. The molecule has 102 valence electrons. The molecule has 0 saturated carbocycles. The quantitative estimate of drug-likeness (QED) is 0.508. The van der Waals surface area contributed by atoms with Gasteiger partial charge in [-0.15, -0.1) is 0 Å². The van der Waals surface area contributed by atoms with Gasteiger partial charge in [-0.05, 0) is 34.1 Å². The zero-order valence-corrected chi connectivity index (χ0v) is 11.5. The van der Waals surface area contributed by atoms with E-state index in [1.807, 2.05) is 0 Å². The van der Waals surface area contributed by atoms with Crippen LogP contribution in [0.25, 0.3) is 0 Å². The van der Waals surface area contributed by atoms with E-state index in [9.17, 15) is 20.0 Å². The Bertz CT molecular complexity index is 673. The van der Waals surface area contributed by atoms with Crippen molar-refractivity contribution in [3.63, 3.8) is 0 Å². The highest BCUT2D eigenvalue weighted by molar-refractivity contribution is 9.10. The molecule has 7 nitrogen and oxygen atoms in total. The summed E-state index contributed by atoms with van der Waals surface area (Å²) in [6.07, 6.45) is 1.42. The number of nitro benzene ring substituents is 1. The van der Waals surface area contributed by atoms with Crippen LogP contribution in [0.4, 0.5) is 11.4 Å². The molecule has 0 saturated heterocycles. The largest absolute Gasteiger partial charge is 0.505 e. The van der Waals surface area contributed by atoms with Crippen LogP contribution in [0.5, 0.6) is 5.75 Å². The van der Waals surface area contributed by atoms with Gasteiger partial charge < -0.3 is 10.4 Å². The van der Waals surface area contributed by atoms with Gasteiger partial charge in [0.2, 0.25) is 0 Å². The van der Waals surface area contributed by atoms with E-state index in [0.717, 1.165) is 0 Å². The lowest BCUT2D eigenvalue weighted by Gasteiger charge is -2.07. The first kappa shape index (κ1) is 13.9. The zero-order chi connectivity index (χ0) is 14.7. The molecular weight excluding hydrogens is 330 g/mol. The number of nitrogens with zero attached hydrogens (tertiary/aromatic N) is 2. The molecular formula is C12H8BrN3O4. The zero-order valence-electron chi connectivity index (χ0n) is 9.91. The van der Waals surface area contributed by atoms with E-state index in [-0.39, 0.29) is 17.1 Å². The first-order valence-electron chi connectivity index (χ1n) is 5.38. The molecule has 1 aromatic carbocycles. The van der Waals surface area contributed by atoms with Gasteiger partial charge in [-0.25, -0.2) is 4.98 Å². The van der Waals surface area contributed by atoms with Crippen LogP contribution in [0.15, 0.2) is 41.0 Å². The number of hydrogen-bond donors (Lipinski definition) is 2. The molecule has 2 rings (SSSR count). The number of rotatable bonds is 3. The van der Waals surface area contributed by atoms with Crippen molar-refractivity contribution in [2.45, 2.75) is 0 Å². The fourth-order valence-electron chi connectivity index (χ4n) is 1.50.